The number of hydrogen-bond donors (Lipinski definition) is 2. The fraction of sp³-hybridized carbons (Fsp3) is 0.320. The van der Waals surface area contributed by atoms with Gasteiger partial charge in [-0.25, -0.2) is 4.98 Å². The third-order valence-corrected chi connectivity index (χ3v) is 5.18. The van der Waals surface area contributed by atoms with E-state index in [-0.39, 0.29) is 24.2 Å². The number of fused-ring (bicyclic) bond motifs is 1. The summed E-state index contributed by atoms with van der Waals surface area (Å²) < 4.78 is 0. The van der Waals surface area contributed by atoms with Crippen LogP contribution >= 0.6 is 0 Å². The fourth-order valence-electron chi connectivity index (χ4n) is 3.41. The van der Waals surface area contributed by atoms with Gasteiger partial charge >= 0.3 is 0 Å². The first kappa shape index (κ1) is 22.3. The van der Waals surface area contributed by atoms with Gasteiger partial charge < -0.3 is 15.5 Å². The van der Waals surface area contributed by atoms with E-state index in [0.717, 1.165) is 27.7 Å². The Morgan fingerprint density at radius 1 is 0.968 bits per heavy atom. The average Bonchev–Trinajstić information content (AvgIpc) is 2.75. The van der Waals surface area contributed by atoms with Crippen LogP contribution in [-0.2, 0) is 22.6 Å². The molecule has 3 rings (SSSR count). The topological polar surface area (TPSA) is 74.3 Å². The van der Waals surface area contributed by atoms with Crippen LogP contribution in [0.1, 0.15) is 25.0 Å². The second-order valence-electron chi connectivity index (χ2n) is 8.28. The van der Waals surface area contributed by atoms with Crippen LogP contribution in [0.15, 0.2) is 60.8 Å². The van der Waals surface area contributed by atoms with E-state index in [0.29, 0.717) is 6.54 Å². The van der Waals surface area contributed by atoms with Crippen molar-refractivity contribution < 1.29 is 9.59 Å². The van der Waals surface area contributed by atoms with Crippen LogP contribution < -0.4 is 15.5 Å². The molecule has 1 unspecified atom stereocenters. The van der Waals surface area contributed by atoms with Crippen molar-refractivity contribution in [1.82, 2.24) is 15.6 Å². The van der Waals surface area contributed by atoms with Crippen LogP contribution in [-0.4, -0.2) is 36.9 Å². The second-order valence-corrected chi connectivity index (χ2v) is 8.28. The Balaban J connectivity index is 1.60. The molecule has 31 heavy (non-hydrogen) atoms. The van der Waals surface area contributed by atoms with E-state index >= 15 is 0 Å². The van der Waals surface area contributed by atoms with Crippen molar-refractivity contribution in [2.75, 3.05) is 19.0 Å². The molecule has 0 spiro atoms. The van der Waals surface area contributed by atoms with Crippen molar-refractivity contribution in [3.8, 4) is 0 Å². The zero-order valence-corrected chi connectivity index (χ0v) is 18.6. The summed E-state index contributed by atoms with van der Waals surface area (Å²) in [5.41, 5.74) is 1.88. The normalized spacial score (nSPS) is 11.9. The number of carbonyl (C=O) groups excluding carboxylic acids is 2. The van der Waals surface area contributed by atoms with E-state index in [9.17, 15) is 9.59 Å². The van der Waals surface area contributed by atoms with Crippen LogP contribution in [0.3, 0.4) is 0 Å². The lowest BCUT2D eigenvalue weighted by Crippen LogP contribution is -2.49. The van der Waals surface area contributed by atoms with Gasteiger partial charge in [0, 0.05) is 26.8 Å². The Labute approximate surface area is 183 Å². The maximum atomic E-state index is 12.8. The lowest BCUT2D eigenvalue weighted by molar-refractivity contribution is -0.129. The molecule has 6 heteroatoms. The SMILES string of the molecule is CC(C)C(NC(=O)Cc1ccc2ccccc2c1)C(=O)NCc1ccnc(N(C)C)c1. The Bertz CT molecular complexity index is 1060. The van der Waals surface area contributed by atoms with Gasteiger partial charge in [-0.15, -0.1) is 0 Å². The Morgan fingerprint density at radius 3 is 2.42 bits per heavy atom. The minimum atomic E-state index is -0.594. The van der Waals surface area contributed by atoms with Crippen LogP contribution in [0.2, 0.25) is 0 Å². The molecule has 0 radical (unpaired) electrons. The highest BCUT2D eigenvalue weighted by Crippen LogP contribution is 2.16. The smallest absolute Gasteiger partial charge is 0.243 e. The van der Waals surface area contributed by atoms with Crippen molar-refractivity contribution in [3.05, 3.63) is 71.9 Å². The van der Waals surface area contributed by atoms with E-state index < -0.39 is 6.04 Å². The number of pyridine rings is 1. The highest BCUT2D eigenvalue weighted by molar-refractivity contribution is 5.89. The molecule has 0 aliphatic rings. The van der Waals surface area contributed by atoms with Gasteiger partial charge in [-0.1, -0.05) is 56.3 Å². The largest absolute Gasteiger partial charge is 0.363 e. The van der Waals surface area contributed by atoms with Gasteiger partial charge in [0.25, 0.3) is 0 Å². The predicted octanol–water partition coefficient (Wildman–Crippen LogP) is 3.30. The zero-order chi connectivity index (χ0) is 22.4. The first-order valence-electron chi connectivity index (χ1n) is 10.5. The molecular formula is C25H30N4O2. The molecule has 1 atom stereocenters. The Morgan fingerprint density at radius 2 is 1.71 bits per heavy atom. The number of hydrogen-bond acceptors (Lipinski definition) is 4. The number of nitrogens with zero attached hydrogens (tertiary/aromatic N) is 2. The third kappa shape index (κ3) is 6.04. The summed E-state index contributed by atoms with van der Waals surface area (Å²) in [6.45, 7) is 4.24. The summed E-state index contributed by atoms with van der Waals surface area (Å²) in [7, 11) is 3.84. The van der Waals surface area contributed by atoms with Crippen molar-refractivity contribution in [1.29, 1.82) is 0 Å². The molecule has 0 saturated heterocycles. The lowest BCUT2D eigenvalue weighted by atomic mass is 10.0. The van der Waals surface area contributed by atoms with Crippen LogP contribution in [0.4, 0.5) is 5.82 Å². The summed E-state index contributed by atoms with van der Waals surface area (Å²) in [5.74, 6) is 0.444. The van der Waals surface area contributed by atoms with Crippen molar-refractivity contribution >= 4 is 28.4 Å². The van der Waals surface area contributed by atoms with Gasteiger partial charge in [-0.3, -0.25) is 9.59 Å². The minimum absolute atomic E-state index is 0.0321. The summed E-state index contributed by atoms with van der Waals surface area (Å²) in [5, 5.41) is 8.08. The van der Waals surface area contributed by atoms with Crippen molar-refractivity contribution in [2.45, 2.75) is 32.9 Å². The Hall–Kier alpha value is -3.41. The molecule has 162 valence electrons. The summed E-state index contributed by atoms with van der Waals surface area (Å²) in [4.78, 5) is 31.6. The number of aromatic nitrogens is 1. The highest BCUT2D eigenvalue weighted by atomic mass is 16.2. The van der Waals surface area contributed by atoms with Crippen LogP contribution in [0.25, 0.3) is 10.8 Å². The molecule has 0 aliphatic heterocycles. The zero-order valence-electron chi connectivity index (χ0n) is 18.6. The molecule has 2 N–H and O–H groups in total. The number of rotatable bonds is 8. The van der Waals surface area contributed by atoms with Gasteiger partial charge in [0.1, 0.15) is 11.9 Å². The second kappa shape index (κ2) is 10.1. The molecule has 0 bridgehead atoms. The fourth-order valence-corrected chi connectivity index (χ4v) is 3.41. The number of anilines is 1. The number of amides is 2. The monoisotopic (exact) mass is 418 g/mol. The van der Waals surface area contributed by atoms with E-state index in [4.69, 9.17) is 0 Å². The molecule has 1 heterocycles. The van der Waals surface area contributed by atoms with Crippen LogP contribution in [0, 0.1) is 5.92 Å². The van der Waals surface area contributed by atoms with E-state index in [2.05, 4.69) is 15.6 Å². The molecule has 6 nitrogen and oxygen atoms in total. The molecule has 1 aromatic heterocycles. The summed E-state index contributed by atoms with van der Waals surface area (Å²) in [6.07, 6.45) is 1.96. The standard InChI is InChI=1S/C25H30N4O2/c1-17(2)24(25(31)27-16-19-11-12-26-22(14-19)29(3)4)28-23(30)15-18-9-10-20-7-5-6-8-21(20)13-18/h5-14,17,24H,15-16H2,1-4H3,(H,27,31)(H,28,30). The van der Waals surface area contributed by atoms with Crippen molar-refractivity contribution in [3.63, 3.8) is 0 Å². The molecule has 2 aromatic carbocycles. The van der Waals surface area contributed by atoms with Gasteiger partial charge in [-0.05, 0) is 39.9 Å². The minimum Gasteiger partial charge on any atom is -0.363 e. The van der Waals surface area contributed by atoms with Gasteiger partial charge in [0.2, 0.25) is 11.8 Å². The molecule has 3 aromatic rings. The Kier molecular flexibility index (Phi) is 7.23. The van der Waals surface area contributed by atoms with Crippen molar-refractivity contribution in [2.24, 2.45) is 5.92 Å². The van der Waals surface area contributed by atoms with Crippen LogP contribution in [0.5, 0.6) is 0 Å². The quantitative estimate of drug-likeness (QED) is 0.589. The van der Waals surface area contributed by atoms with E-state index in [1.807, 2.05) is 87.4 Å². The molecule has 0 fully saturated rings. The van der Waals surface area contributed by atoms with Gasteiger partial charge in [-0.2, -0.15) is 0 Å². The third-order valence-electron chi connectivity index (χ3n) is 5.18. The van der Waals surface area contributed by atoms with E-state index in [1.165, 1.54) is 0 Å². The van der Waals surface area contributed by atoms with Gasteiger partial charge in [0.15, 0.2) is 0 Å². The predicted molar refractivity (Wildman–Crippen MR) is 125 cm³/mol. The number of benzene rings is 2. The van der Waals surface area contributed by atoms with E-state index in [1.54, 1.807) is 6.20 Å². The summed E-state index contributed by atoms with van der Waals surface area (Å²) in [6, 6.07) is 17.3. The molecule has 2 amide bonds. The van der Waals surface area contributed by atoms with Gasteiger partial charge in [0.05, 0.1) is 6.42 Å². The molecular weight excluding hydrogens is 388 g/mol. The lowest BCUT2D eigenvalue weighted by Gasteiger charge is -2.22. The summed E-state index contributed by atoms with van der Waals surface area (Å²) >= 11 is 0. The highest BCUT2D eigenvalue weighted by Gasteiger charge is 2.24. The average molecular weight is 419 g/mol. The molecule has 0 aliphatic carbocycles. The number of carbonyl (C=O) groups is 2. The number of nitrogens with one attached hydrogen (secondary N) is 2. The maximum absolute atomic E-state index is 12.8. The first-order valence-corrected chi connectivity index (χ1v) is 10.5. The first-order chi connectivity index (χ1) is 14.8. The molecule has 0 saturated carbocycles. The maximum Gasteiger partial charge on any atom is 0.243 e.